The van der Waals surface area contributed by atoms with Gasteiger partial charge in [-0.3, -0.25) is 4.79 Å². The van der Waals surface area contributed by atoms with Crippen LogP contribution in [0.4, 0.5) is 10.1 Å². The smallest absolute Gasteiger partial charge is 0.341 e. The number of carbonyl (C=O) groups is 1. The van der Waals surface area contributed by atoms with Gasteiger partial charge in [0, 0.05) is 25.3 Å². The highest BCUT2D eigenvalue weighted by atomic mass is 35.5. The number of ether oxygens (including phenoxy) is 1. The van der Waals surface area contributed by atoms with Crippen molar-refractivity contribution in [2.75, 3.05) is 31.2 Å². The summed E-state index contributed by atoms with van der Waals surface area (Å²) in [5.41, 5.74) is 5.23. The van der Waals surface area contributed by atoms with Crippen LogP contribution in [0.3, 0.4) is 0 Å². The number of aromatic nitrogens is 1. The molecular formula is C18H19ClFN3O4. The maximum absolute atomic E-state index is 15.0. The number of hydrogen-bond acceptors (Lipinski definition) is 5. The van der Waals surface area contributed by atoms with E-state index in [2.05, 4.69) is 0 Å². The number of carboxylic acids is 1. The Morgan fingerprint density at radius 3 is 2.81 bits per heavy atom. The van der Waals surface area contributed by atoms with E-state index in [9.17, 15) is 14.7 Å². The van der Waals surface area contributed by atoms with Gasteiger partial charge >= 0.3 is 5.97 Å². The lowest BCUT2D eigenvalue weighted by Gasteiger charge is -2.37. The summed E-state index contributed by atoms with van der Waals surface area (Å²) in [6.45, 7) is 1.46. The number of rotatable bonds is 4. The van der Waals surface area contributed by atoms with Crippen LogP contribution in [0.15, 0.2) is 17.1 Å². The standard InChI is InChI=1S/C18H19ClFN3O4/c19-14-15-11(17(24)12(18(25)26)7-23(15)9-1-2-9)5-13(20)16(14)22-3-4-27-8-10(22)6-21/h5,7,9-10H,1-4,6,8,21H2,(H,25,26). The van der Waals surface area contributed by atoms with Crippen molar-refractivity contribution in [1.82, 2.24) is 4.57 Å². The van der Waals surface area contributed by atoms with Gasteiger partial charge in [-0.15, -0.1) is 0 Å². The molecule has 9 heteroatoms. The van der Waals surface area contributed by atoms with Crippen molar-refractivity contribution in [2.45, 2.75) is 24.9 Å². The highest BCUT2D eigenvalue weighted by Gasteiger charge is 2.32. The first-order valence-corrected chi connectivity index (χ1v) is 9.16. The molecule has 1 aliphatic carbocycles. The van der Waals surface area contributed by atoms with Gasteiger partial charge in [-0.25, -0.2) is 9.18 Å². The second-order valence-corrected chi connectivity index (χ2v) is 7.27. The Hall–Kier alpha value is -2.16. The summed E-state index contributed by atoms with van der Waals surface area (Å²) < 4.78 is 22.1. The van der Waals surface area contributed by atoms with Gasteiger partial charge in [0.25, 0.3) is 0 Å². The molecule has 27 heavy (non-hydrogen) atoms. The molecule has 0 amide bonds. The number of hydrogen-bond donors (Lipinski definition) is 2. The van der Waals surface area contributed by atoms with Crippen LogP contribution >= 0.6 is 11.6 Å². The molecule has 1 aromatic heterocycles. The molecule has 1 saturated carbocycles. The van der Waals surface area contributed by atoms with E-state index in [4.69, 9.17) is 22.1 Å². The zero-order valence-corrected chi connectivity index (χ0v) is 15.2. The van der Waals surface area contributed by atoms with Gasteiger partial charge in [0.05, 0.1) is 40.9 Å². The highest BCUT2D eigenvalue weighted by molar-refractivity contribution is 6.38. The number of nitrogens with two attached hydrogens (primary N) is 1. The topological polar surface area (TPSA) is 97.8 Å². The van der Waals surface area contributed by atoms with Crippen molar-refractivity contribution in [3.05, 3.63) is 38.9 Å². The first-order valence-electron chi connectivity index (χ1n) is 8.78. The van der Waals surface area contributed by atoms with Crippen molar-refractivity contribution >= 4 is 34.2 Å². The molecule has 144 valence electrons. The number of benzene rings is 1. The third-order valence-corrected chi connectivity index (χ3v) is 5.50. The Kier molecular flexibility index (Phi) is 4.57. The first kappa shape index (κ1) is 18.2. The lowest BCUT2D eigenvalue weighted by atomic mass is 10.1. The molecule has 1 unspecified atom stereocenters. The Labute approximate surface area is 159 Å². The van der Waals surface area contributed by atoms with Crippen LogP contribution in [-0.2, 0) is 4.74 Å². The van der Waals surface area contributed by atoms with Gasteiger partial charge in [0.2, 0.25) is 5.43 Å². The average molecular weight is 396 g/mol. The van der Waals surface area contributed by atoms with Crippen LogP contribution in [0.2, 0.25) is 5.02 Å². The van der Waals surface area contributed by atoms with Crippen LogP contribution in [0, 0.1) is 5.82 Å². The molecule has 1 atom stereocenters. The number of nitrogens with zero attached hydrogens (tertiary/aromatic N) is 2. The molecule has 1 saturated heterocycles. The molecule has 3 N–H and O–H groups in total. The number of halogens is 2. The minimum atomic E-state index is -1.34. The molecular weight excluding hydrogens is 377 g/mol. The molecule has 0 bridgehead atoms. The third-order valence-electron chi connectivity index (χ3n) is 5.14. The van der Waals surface area contributed by atoms with Crippen molar-refractivity contribution < 1.29 is 19.0 Å². The summed E-state index contributed by atoms with van der Waals surface area (Å²) in [6, 6.07) is 0.910. The summed E-state index contributed by atoms with van der Waals surface area (Å²) in [7, 11) is 0. The zero-order chi connectivity index (χ0) is 19.3. The summed E-state index contributed by atoms with van der Waals surface area (Å²) >= 11 is 6.61. The fourth-order valence-electron chi connectivity index (χ4n) is 3.63. The molecule has 1 aromatic carbocycles. The summed E-state index contributed by atoms with van der Waals surface area (Å²) in [5.74, 6) is -2.01. The Balaban J connectivity index is 2.01. The number of anilines is 1. The van der Waals surface area contributed by atoms with Crippen LogP contribution in [0.1, 0.15) is 29.2 Å². The lowest BCUT2D eigenvalue weighted by Crippen LogP contribution is -2.50. The van der Waals surface area contributed by atoms with E-state index in [1.165, 1.54) is 6.20 Å². The van der Waals surface area contributed by atoms with Gasteiger partial charge in [-0.2, -0.15) is 0 Å². The number of pyridine rings is 1. The minimum Gasteiger partial charge on any atom is -0.477 e. The molecule has 0 radical (unpaired) electrons. The molecule has 2 aliphatic rings. The molecule has 0 spiro atoms. The second-order valence-electron chi connectivity index (χ2n) is 6.89. The quantitative estimate of drug-likeness (QED) is 0.821. The molecule has 4 rings (SSSR count). The van der Waals surface area contributed by atoms with E-state index in [1.807, 2.05) is 0 Å². The summed E-state index contributed by atoms with van der Waals surface area (Å²) in [4.78, 5) is 25.8. The number of morpholine rings is 1. The van der Waals surface area contributed by atoms with E-state index in [1.54, 1.807) is 9.47 Å². The first-order chi connectivity index (χ1) is 12.9. The van der Waals surface area contributed by atoms with Crippen LogP contribution in [-0.4, -0.2) is 48.0 Å². The van der Waals surface area contributed by atoms with Crippen molar-refractivity contribution in [1.29, 1.82) is 0 Å². The van der Waals surface area contributed by atoms with E-state index >= 15 is 4.39 Å². The monoisotopic (exact) mass is 395 g/mol. The molecule has 1 aliphatic heterocycles. The fraction of sp³-hybridized carbons (Fsp3) is 0.444. The van der Waals surface area contributed by atoms with Gasteiger partial charge in [0.1, 0.15) is 11.4 Å². The van der Waals surface area contributed by atoms with Crippen molar-refractivity contribution in [3.8, 4) is 0 Å². The summed E-state index contributed by atoms with van der Waals surface area (Å²) in [6.07, 6.45) is 3.02. The normalized spacial score (nSPS) is 20.3. The molecule has 2 heterocycles. The van der Waals surface area contributed by atoms with Gasteiger partial charge in [-0.05, 0) is 18.9 Å². The lowest BCUT2D eigenvalue weighted by molar-refractivity contribution is 0.0695. The highest BCUT2D eigenvalue weighted by Crippen LogP contribution is 2.42. The SMILES string of the molecule is NCC1COCCN1c1c(F)cc2c(=O)c(C(=O)O)cn(C3CC3)c2c1Cl. The van der Waals surface area contributed by atoms with Crippen LogP contribution < -0.4 is 16.1 Å². The van der Waals surface area contributed by atoms with E-state index in [0.717, 1.165) is 18.9 Å². The van der Waals surface area contributed by atoms with Crippen LogP contribution in [0.5, 0.6) is 0 Å². The number of carboxylic acid groups (broad SMARTS) is 1. The maximum atomic E-state index is 15.0. The Bertz CT molecular complexity index is 989. The predicted octanol–water partition coefficient (Wildman–Crippen LogP) is 1.99. The van der Waals surface area contributed by atoms with Gasteiger partial charge in [0.15, 0.2) is 0 Å². The Morgan fingerprint density at radius 1 is 1.44 bits per heavy atom. The number of aromatic carboxylic acids is 1. The van der Waals surface area contributed by atoms with E-state index < -0.39 is 17.2 Å². The molecule has 2 fully saturated rings. The zero-order valence-electron chi connectivity index (χ0n) is 14.5. The average Bonchev–Trinajstić information content (AvgIpc) is 3.47. The van der Waals surface area contributed by atoms with Gasteiger partial charge < -0.3 is 25.0 Å². The number of fused-ring (bicyclic) bond motifs is 1. The second kappa shape index (κ2) is 6.78. The van der Waals surface area contributed by atoms with Crippen molar-refractivity contribution in [2.24, 2.45) is 5.73 Å². The molecule has 7 nitrogen and oxygen atoms in total. The summed E-state index contributed by atoms with van der Waals surface area (Å²) in [5, 5.41) is 9.42. The predicted molar refractivity (Wildman–Crippen MR) is 99.4 cm³/mol. The van der Waals surface area contributed by atoms with Crippen LogP contribution in [0.25, 0.3) is 10.9 Å². The van der Waals surface area contributed by atoms with E-state index in [-0.39, 0.29) is 40.3 Å². The van der Waals surface area contributed by atoms with Gasteiger partial charge in [-0.1, -0.05) is 11.6 Å². The van der Waals surface area contributed by atoms with E-state index in [0.29, 0.717) is 25.3 Å². The molecule has 2 aromatic rings. The Morgan fingerprint density at radius 2 is 2.19 bits per heavy atom. The largest absolute Gasteiger partial charge is 0.477 e. The minimum absolute atomic E-state index is 0.0226. The third kappa shape index (κ3) is 2.97. The fourth-order valence-corrected chi connectivity index (χ4v) is 4.03. The van der Waals surface area contributed by atoms with Crippen molar-refractivity contribution in [3.63, 3.8) is 0 Å². The maximum Gasteiger partial charge on any atom is 0.341 e.